The number of hydrogen-bond donors (Lipinski definition) is 7. The predicted octanol–water partition coefficient (Wildman–Crippen LogP) is -3.22. The number of carbonyl (C=O) groups excluding carboxylic acids is 6. The lowest BCUT2D eigenvalue weighted by molar-refractivity contribution is -0.130. The third kappa shape index (κ3) is 39.2. The van der Waals surface area contributed by atoms with Crippen molar-refractivity contribution in [3.63, 3.8) is 0 Å². The number of carbonyl (C=O) groups is 6. The van der Waals surface area contributed by atoms with Gasteiger partial charge < -0.3 is 85.0 Å². The van der Waals surface area contributed by atoms with Crippen molar-refractivity contribution in [3.8, 4) is 0 Å². The lowest BCUT2D eigenvalue weighted by Gasteiger charge is -2.19. The van der Waals surface area contributed by atoms with Gasteiger partial charge in [0.25, 0.3) is 0 Å². The summed E-state index contributed by atoms with van der Waals surface area (Å²) in [7, 11) is 3.06. The highest BCUT2D eigenvalue weighted by molar-refractivity contribution is 5.88. The molecule has 0 bridgehead atoms. The van der Waals surface area contributed by atoms with Gasteiger partial charge in [0, 0.05) is 59.4 Å². The van der Waals surface area contributed by atoms with Gasteiger partial charge in [0.05, 0.1) is 132 Å². The number of nitrogens with two attached hydrogens (primary N) is 1. The van der Waals surface area contributed by atoms with Gasteiger partial charge >= 0.3 is 0 Å². The van der Waals surface area contributed by atoms with Crippen LogP contribution in [0.5, 0.6) is 0 Å². The molecule has 0 saturated carbocycles. The molecule has 8 N–H and O–H groups in total. The molecule has 0 heterocycles. The van der Waals surface area contributed by atoms with Crippen LogP contribution < -0.4 is 37.6 Å². The molecule has 6 amide bonds. The van der Waals surface area contributed by atoms with E-state index in [2.05, 4.69) is 31.9 Å². The largest absolute Gasteiger partial charge is 0.379 e. The molecule has 0 aliphatic heterocycles. The van der Waals surface area contributed by atoms with Crippen LogP contribution in [0.4, 0.5) is 0 Å². The molecule has 0 unspecified atom stereocenters. The minimum Gasteiger partial charge on any atom is -0.379 e. The zero-order valence-corrected chi connectivity index (χ0v) is 37.1. The molecule has 23 heteroatoms. The summed E-state index contributed by atoms with van der Waals surface area (Å²) in [6, 6.07) is -1.60. The van der Waals surface area contributed by atoms with Gasteiger partial charge in [-0.05, 0) is 13.3 Å². The number of nitrogens with one attached hydrogen (secondary N) is 6. The van der Waals surface area contributed by atoms with Crippen LogP contribution in [0, 0.1) is 0 Å². The summed E-state index contributed by atoms with van der Waals surface area (Å²) < 4.78 is 54.1. The van der Waals surface area contributed by atoms with Crippen molar-refractivity contribution in [2.75, 3.05) is 166 Å². The Morgan fingerprint density at radius 1 is 0.403 bits per heavy atom. The molecule has 0 spiro atoms. The SMILES string of the molecule is CNC(=O)CCOCCOCCOCCNC(=O)[C@H](CCC(=O)NCCOCCOCCOCCC(=O)N[C@@H](C)C(=O)NC)NC(=O)CCOCCOCCOCCOCCN. The van der Waals surface area contributed by atoms with Crippen molar-refractivity contribution >= 4 is 35.4 Å². The number of ether oxygens (including phenoxy) is 10. The van der Waals surface area contributed by atoms with E-state index in [9.17, 15) is 28.8 Å². The van der Waals surface area contributed by atoms with Crippen LogP contribution in [0.15, 0.2) is 0 Å². The lowest BCUT2D eigenvalue weighted by atomic mass is 10.1. The number of amides is 6. The fourth-order valence-corrected chi connectivity index (χ4v) is 4.68. The first-order valence-corrected chi connectivity index (χ1v) is 21.2. The van der Waals surface area contributed by atoms with Gasteiger partial charge in [-0.15, -0.1) is 0 Å². The zero-order chi connectivity index (χ0) is 45.7. The normalized spacial score (nSPS) is 12.0. The second-order valence-electron chi connectivity index (χ2n) is 13.0. The van der Waals surface area contributed by atoms with E-state index < -0.39 is 23.9 Å². The highest BCUT2D eigenvalue weighted by atomic mass is 16.6. The minimum atomic E-state index is -0.976. The summed E-state index contributed by atoms with van der Waals surface area (Å²) in [6.07, 6.45) is 0.418. The topological polar surface area (TPSA) is 293 Å². The van der Waals surface area contributed by atoms with Crippen LogP contribution in [0.1, 0.15) is 39.0 Å². The summed E-state index contributed by atoms with van der Waals surface area (Å²) in [6.45, 7) is 8.76. The van der Waals surface area contributed by atoms with Crippen LogP contribution in [-0.2, 0) is 76.1 Å². The van der Waals surface area contributed by atoms with Crippen LogP contribution in [-0.4, -0.2) is 213 Å². The maximum atomic E-state index is 13.0. The van der Waals surface area contributed by atoms with Gasteiger partial charge in [-0.25, -0.2) is 0 Å². The molecule has 2 atom stereocenters. The fourth-order valence-electron chi connectivity index (χ4n) is 4.68. The summed E-state index contributed by atoms with van der Waals surface area (Å²) in [5, 5.41) is 15.7. The maximum Gasteiger partial charge on any atom is 0.242 e. The smallest absolute Gasteiger partial charge is 0.242 e. The van der Waals surface area contributed by atoms with E-state index in [4.69, 9.17) is 53.1 Å². The third-order valence-corrected chi connectivity index (χ3v) is 8.01. The molecular formula is C39H75N7O16. The highest BCUT2D eigenvalue weighted by Crippen LogP contribution is 2.00. The van der Waals surface area contributed by atoms with E-state index in [0.29, 0.717) is 85.8 Å². The molecule has 23 nitrogen and oxygen atoms in total. The molecule has 0 aromatic rings. The standard InChI is InChI=1S/C39H75N7O16/c1-32(38(51)42-3)45-36(49)7-13-54-19-25-60-28-22-57-16-10-43-35(48)5-4-33(39(52)44-11-17-58-23-29-59-24-18-53-12-6-34(47)41-2)46-37(50)8-14-55-20-26-61-30-31-62-27-21-56-15-9-40/h32-33H,4-31,40H2,1-3H3,(H,41,47)(H,42,51)(H,43,48)(H,44,52)(H,45,49)(H,46,50)/t32-,33-/m0/s1. The quantitative estimate of drug-likeness (QED) is 0.0296. The molecule has 0 aliphatic carbocycles. The van der Waals surface area contributed by atoms with Gasteiger partial charge in [-0.2, -0.15) is 0 Å². The average molecular weight is 898 g/mol. The van der Waals surface area contributed by atoms with E-state index in [-0.39, 0.29) is 122 Å². The van der Waals surface area contributed by atoms with Gasteiger partial charge in [-0.3, -0.25) is 28.8 Å². The number of hydrogen-bond acceptors (Lipinski definition) is 17. The van der Waals surface area contributed by atoms with Crippen LogP contribution in [0.3, 0.4) is 0 Å². The molecule has 62 heavy (non-hydrogen) atoms. The second kappa shape index (κ2) is 44.0. The molecule has 0 fully saturated rings. The first-order chi connectivity index (χ1) is 30.1. The summed E-state index contributed by atoms with van der Waals surface area (Å²) in [4.78, 5) is 72.8. The molecule has 0 aliphatic rings. The number of rotatable bonds is 45. The lowest BCUT2D eigenvalue weighted by Crippen LogP contribution is -2.48. The highest BCUT2D eigenvalue weighted by Gasteiger charge is 2.22. The zero-order valence-electron chi connectivity index (χ0n) is 37.1. The summed E-state index contributed by atoms with van der Waals surface area (Å²) in [5.74, 6) is -1.86. The van der Waals surface area contributed by atoms with Crippen molar-refractivity contribution in [1.82, 2.24) is 31.9 Å². The van der Waals surface area contributed by atoms with Crippen molar-refractivity contribution in [2.24, 2.45) is 5.73 Å². The van der Waals surface area contributed by atoms with E-state index in [1.54, 1.807) is 14.0 Å². The Labute approximate surface area is 365 Å². The van der Waals surface area contributed by atoms with E-state index in [1.165, 1.54) is 7.05 Å². The van der Waals surface area contributed by atoms with Gasteiger partial charge in [0.2, 0.25) is 35.4 Å². The van der Waals surface area contributed by atoms with Crippen LogP contribution in [0.25, 0.3) is 0 Å². The van der Waals surface area contributed by atoms with Crippen molar-refractivity contribution in [2.45, 2.75) is 51.1 Å². The van der Waals surface area contributed by atoms with E-state index >= 15 is 0 Å². The van der Waals surface area contributed by atoms with Crippen molar-refractivity contribution < 1.29 is 76.1 Å². The first-order valence-electron chi connectivity index (χ1n) is 21.2. The Balaban J connectivity index is 4.37. The fraction of sp³-hybridized carbons (Fsp3) is 0.846. The Morgan fingerprint density at radius 3 is 1.19 bits per heavy atom. The van der Waals surface area contributed by atoms with E-state index in [1.807, 2.05) is 0 Å². The van der Waals surface area contributed by atoms with Crippen LogP contribution >= 0.6 is 0 Å². The van der Waals surface area contributed by atoms with E-state index in [0.717, 1.165) is 0 Å². The Bertz CT molecular complexity index is 1160. The molecular weight excluding hydrogens is 822 g/mol. The Morgan fingerprint density at radius 2 is 0.774 bits per heavy atom. The molecule has 362 valence electrons. The Kier molecular flexibility index (Phi) is 41.4. The third-order valence-electron chi connectivity index (χ3n) is 8.01. The van der Waals surface area contributed by atoms with Gasteiger partial charge in [-0.1, -0.05) is 0 Å². The molecule has 0 rings (SSSR count). The van der Waals surface area contributed by atoms with Crippen molar-refractivity contribution in [1.29, 1.82) is 0 Å². The van der Waals surface area contributed by atoms with Crippen LogP contribution in [0.2, 0.25) is 0 Å². The Hall–Kier alpha value is -3.62. The summed E-state index contributed by atoms with van der Waals surface area (Å²) >= 11 is 0. The minimum absolute atomic E-state index is 0.00218. The predicted molar refractivity (Wildman–Crippen MR) is 224 cm³/mol. The first kappa shape index (κ1) is 58.4. The summed E-state index contributed by atoms with van der Waals surface area (Å²) in [5.41, 5.74) is 5.35. The number of likely N-dealkylation sites (N-methyl/N-ethyl adjacent to an activating group) is 1. The molecule has 0 radical (unpaired) electrons. The monoisotopic (exact) mass is 898 g/mol. The van der Waals surface area contributed by atoms with Gasteiger partial charge in [0.15, 0.2) is 0 Å². The van der Waals surface area contributed by atoms with Crippen molar-refractivity contribution in [3.05, 3.63) is 0 Å². The second-order valence-corrected chi connectivity index (χ2v) is 13.0. The average Bonchev–Trinajstić information content (AvgIpc) is 3.26. The van der Waals surface area contributed by atoms with Gasteiger partial charge in [0.1, 0.15) is 12.1 Å². The maximum absolute atomic E-state index is 13.0. The molecule has 0 saturated heterocycles. The molecule has 0 aromatic carbocycles. The molecule has 0 aromatic heterocycles.